The van der Waals surface area contributed by atoms with Crippen molar-refractivity contribution < 1.29 is 13.9 Å². The third kappa shape index (κ3) is 5.33. The van der Waals surface area contributed by atoms with E-state index in [2.05, 4.69) is 29.2 Å². The minimum absolute atomic E-state index is 0.0771. The Balaban J connectivity index is 1.21. The summed E-state index contributed by atoms with van der Waals surface area (Å²) in [6.45, 7) is 2.84. The van der Waals surface area contributed by atoms with Crippen LogP contribution in [0.1, 0.15) is 39.9 Å². The van der Waals surface area contributed by atoms with Crippen LogP contribution in [0.4, 0.5) is 0 Å². The summed E-state index contributed by atoms with van der Waals surface area (Å²) in [5.41, 5.74) is 4.31. The Hall–Kier alpha value is -2.92. The summed E-state index contributed by atoms with van der Waals surface area (Å²) in [5.74, 6) is 0.700. The van der Waals surface area contributed by atoms with Gasteiger partial charge >= 0.3 is 0 Å². The molecule has 5 nitrogen and oxygen atoms in total. The zero-order valence-electron chi connectivity index (χ0n) is 16.5. The van der Waals surface area contributed by atoms with Crippen LogP contribution in [0.5, 0.6) is 0 Å². The molecule has 1 fully saturated rings. The van der Waals surface area contributed by atoms with Crippen molar-refractivity contribution >= 4 is 5.91 Å². The summed E-state index contributed by atoms with van der Waals surface area (Å²) in [6.07, 6.45) is 9.79. The highest BCUT2D eigenvalue weighted by Gasteiger charge is 2.24. The van der Waals surface area contributed by atoms with E-state index >= 15 is 0 Å². The first-order valence-corrected chi connectivity index (χ1v) is 10.1. The van der Waals surface area contributed by atoms with Gasteiger partial charge in [0.2, 0.25) is 0 Å². The fourth-order valence-corrected chi connectivity index (χ4v) is 3.78. The number of pyridine rings is 1. The van der Waals surface area contributed by atoms with Crippen LogP contribution in [0.2, 0.25) is 0 Å². The average Bonchev–Trinajstić information content (AvgIpc) is 3.31. The number of furan rings is 1. The third-order valence-electron chi connectivity index (χ3n) is 5.50. The van der Waals surface area contributed by atoms with E-state index in [0.29, 0.717) is 24.7 Å². The van der Waals surface area contributed by atoms with Gasteiger partial charge in [0, 0.05) is 25.5 Å². The Labute approximate surface area is 171 Å². The van der Waals surface area contributed by atoms with Crippen LogP contribution in [0.25, 0.3) is 0 Å². The number of piperidine rings is 1. The van der Waals surface area contributed by atoms with Gasteiger partial charge in [-0.3, -0.25) is 9.78 Å². The highest BCUT2D eigenvalue weighted by atomic mass is 16.5. The molecule has 1 aliphatic heterocycles. The molecule has 1 aliphatic rings. The lowest BCUT2D eigenvalue weighted by atomic mass is 9.90. The number of benzene rings is 1. The van der Waals surface area contributed by atoms with E-state index < -0.39 is 0 Å². The normalized spacial score (nSPS) is 14.8. The summed E-state index contributed by atoms with van der Waals surface area (Å²) in [7, 11) is 0. The standard InChI is InChI=1S/C24H26N2O3/c27-24(23-9-14-28-18-23)26-12-7-20(8-13-26)15-19-1-3-21(4-2-19)16-29-17-22-5-10-25-11-6-22/h1-6,9-11,14,18,20H,7-8,12-13,15-17H2. The topological polar surface area (TPSA) is 55.6 Å². The summed E-state index contributed by atoms with van der Waals surface area (Å²) < 4.78 is 10.8. The zero-order valence-corrected chi connectivity index (χ0v) is 16.5. The molecule has 5 heteroatoms. The van der Waals surface area contributed by atoms with Gasteiger partial charge < -0.3 is 14.1 Å². The van der Waals surface area contributed by atoms with Crippen LogP contribution in [0, 0.1) is 5.92 Å². The summed E-state index contributed by atoms with van der Waals surface area (Å²) in [6, 6.07) is 14.4. The van der Waals surface area contributed by atoms with Gasteiger partial charge in [-0.25, -0.2) is 0 Å². The predicted molar refractivity (Wildman–Crippen MR) is 110 cm³/mol. The number of carbonyl (C=O) groups excluding carboxylic acids is 1. The van der Waals surface area contributed by atoms with Gasteiger partial charge in [0.25, 0.3) is 5.91 Å². The number of amides is 1. The van der Waals surface area contributed by atoms with E-state index in [0.717, 1.165) is 37.9 Å². The second kappa shape index (κ2) is 9.52. The van der Waals surface area contributed by atoms with Crippen molar-refractivity contribution in [1.82, 2.24) is 9.88 Å². The number of aromatic nitrogens is 1. The molecular formula is C24H26N2O3. The van der Waals surface area contributed by atoms with Crippen molar-refractivity contribution in [3.63, 3.8) is 0 Å². The molecule has 3 aromatic rings. The summed E-state index contributed by atoms with van der Waals surface area (Å²) in [4.78, 5) is 18.3. The Morgan fingerprint density at radius 3 is 2.28 bits per heavy atom. The first-order valence-electron chi connectivity index (χ1n) is 10.1. The number of likely N-dealkylation sites (tertiary alicyclic amines) is 1. The number of hydrogen-bond donors (Lipinski definition) is 0. The maximum Gasteiger partial charge on any atom is 0.257 e. The number of nitrogens with zero attached hydrogens (tertiary/aromatic N) is 2. The van der Waals surface area contributed by atoms with Crippen molar-refractivity contribution in [2.75, 3.05) is 13.1 Å². The zero-order chi connectivity index (χ0) is 19.9. The summed E-state index contributed by atoms with van der Waals surface area (Å²) in [5, 5.41) is 0. The molecule has 0 bridgehead atoms. The molecule has 3 heterocycles. The van der Waals surface area contributed by atoms with Crippen molar-refractivity contribution in [2.45, 2.75) is 32.5 Å². The lowest BCUT2D eigenvalue weighted by Gasteiger charge is -2.31. The lowest BCUT2D eigenvalue weighted by molar-refractivity contribution is 0.0690. The van der Waals surface area contributed by atoms with Gasteiger partial charge in [0.15, 0.2) is 0 Å². The van der Waals surface area contributed by atoms with Gasteiger partial charge in [-0.1, -0.05) is 24.3 Å². The predicted octanol–water partition coefficient (Wildman–Crippen LogP) is 4.49. The Morgan fingerprint density at radius 1 is 0.966 bits per heavy atom. The van der Waals surface area contributed by atoms with E-state index in [1.54, 1.807) is 24.7 Å². The van der Waals surface area contributed by atoms with Crippen molar-refractivity contribution in [1.29, 1.82) is 0 Å². The van der Waals surface area contributed by atoms with Crippen molar-refractivity contribution in [3.8, 4) is 0 Å². The largest absolute Gasteiger partial charge is 0.472 e. The maximum atomic E-state index is 12.4. The van der Waals surface area contributed by atoms with E-state index in [-0.39, 0.29) is 5.91 Å². The first-order chi connectivity index (χ1) is 14.3. The molecule has 1 saturated heterocycles. The molecule has 1 aromatic carbocycles. The van der Waals surface area contributed by atoms with Gasteiger partial charge in [0.1, 0.15) is 6.26 Å². The molecule has 0 N–H and O–H groups in total. The second-order valence-corrected chi connectivity index (χ2v) is 7.62. The molecule has 29 heavy (non-hydrogen) atoms. The number of hydrogen-bond acceptors (Lipinski definition) is 4. The van der Waals surface area contributed by atoms with Crippen LogP contribution in [0.15, 0.2) is 71.8 Å². The molecule has 4 rings (SSSR count). The monoisotopic (exact) mass is 390 g/mol. The first kappa shape index (κ1) is 19.4. The summed E-state index contributed by atoms with van der Waals surface area (Å²) >= 11 is 0. The third-order valence-corrected chi connectivity index (χ3v) is 5.50. The molecule has 0 spiro atoms. The molecule has 150 valence electrons. The highest BCUT2D eigenvalue weighted by molar-refractivity contribution is 5.93. The van der Waals surface area contributed by atoms with Crippen molar-refractivity contribution in [2.24, 2.45) is 5.92 Å². The molecule has 0 unspecified atom stereocenters. The second-order valence-electron chi connectivity index (χ2n) is 7.62. The lowest BCUT2D eigenvalue weighted by Crippen LogP contribution is -2.38. The fraction of sp³-hybridized carbons (Fsp3) is 0.333. The quantitative estimate of drug-likeness (QED) is 0.597. The van der Waals surface area contributed by atoms with Crippen LogP contribution in [-0.4, -0.2) is 28.9 Å². The highest BCUT2D eigenvalue weighted by Crippen LogP contribution is 2.23. The van der Waals surface area contributed by atoms with E-state index in [1.807, 2.05) is 17.0 Å². The molecule has 1 amide bonds. The van der Waals surface area contributed by atoms with Gasteiger partial charge in [0.05, 0.1) is 25.0 Å². The molecule has 0 atom stereocenters. The van der Waals surface area contributed by atoms with E-state index in [9.17, 15) is 4.79 Å². The minimum atomic E-state index is 0.0771. The smallest absolute Gasteiger partial charge is 0.257 e. The molecular weight excluding hydrogens is 364 g/mol. The fourth-order valence-electron chi connectivity index (χ4n) is 3.78. The molecule has 0 radical (unpaired) electrons. The van der Waals surface area contributed by atoms with Crippen LogP contribution >= 0.6 is 0 Å². The minimum Gasteiger partial charge on any atom is -0.472 e. The van der Waals surface area contributed by atoms with E-state index in [1.165, 1.54) is 17.4 Å². The van der Waals surface area contributed by atoms with Gasteiger partial charge in [-0.2, -0.15) is 0 Å². The molecule has 0 aliphatic carbocycles. The molecule has 0 saturated carbocycles. The van der Waals surface area contributed by atoms with E-state index in [4.69, 9.17) is 9.15 Å². The van der Waals surface area contributed by atoms with Crippen molar-refractivity contribution in [3.05, 3.63) is 89.6 Å². The number of ether oxygens (including phenoxy) is 1. The number of rotatable bonds is 7. The van der Waals surface area contributed by atoms with Gasteiger partial charge in [-0.15, -0.1) is 0 Å². The number of carbonyl (C=O) groups is 1. The average molecular weight is 390 g/mol. The van der Waals surface area contributed by atoms with Gasteiger partial charge in [-0.05, 0) is 60.1 Å². The Bertz CT molecular complexity index is 884. The molecule has 2 aromatic heterocycles. The van der Waals surface area contributed by atoms with Crippen LogP contribution < -0.4 is 0 Å². The van der Waals surface area contributed by atoms with Crippen LogP contribution in [-0.2, 0) is 24.4 Å². The Kier molecular flexibility index (Phi) is 6.37. The maximum absolute atomic E-state index is 12.4. The SMILES string of the molecule is O=C(c1ccoc1)N1CCC(Cc2ccc(COCc3ccncc3)cc2)CC1. The Morgan fingerprint density at radius 2 is 1.62 bits per heavy atom. The van der Waals surface area contributed by atoms with Crippen LogP contribution in [0.3, 0.4) is 0 Å².